The number of carbonyl (C=O) groups excluding carboxylic acids is 1. The van der Waals surface area contributed by atoms with Gasteiger partial charge in [0.2, 0.25) is 17.6 Å². The van der Waals surface area contributed by atoms with E-state index in [2.05, 4.69) is 41.2 Å². The van der Waals surface area contributed by atoms with Crippen LogP contribution in [0.25, 0.3) is 11.4 Å². The molecule has 8 heteroatoms. The summed E-state index contributed by atoms with van der Waals surface area (Å²) < 4.78 is 6.47. The van der Waals surface area contributed by atoms with Gasteiger partial charge < -0.3 is 14.7 Å². The molecule has 2 fully saturated rings. The Labute approximate surface area is 186 Å². The number of hydrogen-bond donors (Lipinski definition) is 1. The molecule has 1 aromatic carbocycles. The van der Waals surface area contributed by atoms with Crippen molar-refractivity contribution in [3.8, 4) is 11.4 Å². The van der Waals surface area contributed by atoms with Gasteiger partial charge in [0.05, 0.1) is 12.5 Å². The Hall–Kier alpha value is -1.77. The van der Waals surface area contributed by atoms with E-state index in [1.54, 1.807) is 0 Å². The van der Waals surface area contributed by atoms with Crippen molar-refractivity contribution in [3.05, 3.63) is 34.6 Å². The third-order valence-electron chi connectivity index (χ3n) is 5.95. The molecule has 1 aromatic heterocycles. The second kappa shape index (κ2) is 10.5. The van der Waals surface area contributed by atoms with Crippen molar-refractivity contribution in [2.45, 2.75) is 38.6 Å². The Bertz CT molecular complexity index is 819. The number of carbonyl (C=O) groups is 1. The van der Waals surface area contributed by atoms with Crippen molar-refractivity contribution >= 4 is 21.8 Å². The van der Waals surface area contributed by atoms with Crippen molar-refractivity contribution in [2.75, 3.05) is 39.3 Å². The van der Waals surface area contributed by atoms with Gasteiger partial charge in [-0.05, 0) is 82.5 Å². The molecule has 1 atom stereocenters. The third kappa shape index (κ3) is 5.89. The number of rotatable bonds is 8. The Morgan fingerprint density at radius 3 is 2.70 bits per heavy atom. The van der Waals surface area contributed by atoms with E-state index in [1.807, 2.05) is 24.3 Å². The maximum Gasteiger partial charge on any atom is 0.241 e. The maximum absolute atomic E-state index is 12.6. The normalized spacial score (nSPS) is 20.5. The van der Waals surface area contributed by atoms with E-state index in [9.17, 15) is 4.79 Å². The van der Waals surface area contributed by atoms with Crippen molar-refractivity contribution in [1.82, 2.24) is 25.3 Å². The monoisotopic (exact) mass is 475 g/mol. The molecule has 1 unspecified atom stereocenters. The summed E-state index contributed by atoms with van der Waals surface area (Å²) in [5.41, 5.74) is 0.929. The SMILES string of the molecule is O=C(NCCCN1CCCC1)C1CCCN(Cc2nc(-c3ccc(Br)cc3)no2)C1. The first-order valence-corrected chi connectivity index (χ1v) is 11.8. The number of nitrogens with zero attached hydrogens (tertiary/aromatic N) is 4. The van der Waals surface area contributed by atoms with Crippen LogP contribution in [0.2, 0.25) is 0 Å². The summed E-state index contributed by atoms with van der Waals surface area (Å²) in [7, 11) is 0. The molecular formula is C22H30BrN5O2. The van der Waals surface area contributed by atoms with Crippen molar-refractivity contribution in [1.29, 1.82) is 0 Å². The lowest BCUT2D eigenvalue weighted by Gasteiger charge is -2.30. The van der Waals surface area contributed by atoms with Crippen LogP contribution in [0.1, 0.15) is 38.0 Å². The molecule has 3 heterocycles. The fraction of sp³-hybridized carbons (Fsp3) is 0.591. The average Bonchev–Trinajstić information content (AvgIpc) is 3.44. The van der Waals surface area contributed by atoms with E-state index in [1.165, 1.54) is 25.9 Å². The maximum atomic E-state index is 12.6. The summed E-state index contributed by atoms with van der Waals surface area (Å²) in [5, 5.41) is 7.25. The van der Waals surface area contributed by atoms with E-state index in [-0.39, 0.29) is 11.8 Å². The van der Waals surface area contributed by atoms with Gasteiger partial charge >= 0.3 is 0 Å². The molecule has 162 valence electrons. The van der Waals surface area contributed by atoms with Crippen LogP contribution in [0.15, 0.2) is 33.3 Å². The highest BCUT2D eigenvalue weighted by Gasteiger charge is 2.26. The van der Waals surface area contributed by atoms with Crippen LogP contribution in [0, 0.1) is 5.92 Å². The summed E-state index contributed by atoms with van der Waals surface area (Å²) in [5.74, 6) is 1.42. The van der Waals surface area contributed by atoms with Crippen LogP contribution in [-0.2, 0) is 11.3 Å². The minimum atomic E-state index is 0.0411. The smallest absolute Gasteiger partial charge is 0.241 e. The van der Waals surface area contributed by atoms with E-state index in [0.29, 0.717) is 18.3 Å². The Morgan fingerprint density at radius 2 is 1.90 bits per heavy atom. The lowest BCUT2D eigenvalue weighted by Crippen LogP contribution is -2.43. The summed E-state index contributed by atoms with van der Waals surface area (Å²) in [6, 6.07) is 7.85. The lowest BCUT2D eigenvalue weighted by atomic mass is 9.97. The molecule has 0 saturated carbocycles. The molecule has 4 rings (SSSR count). The van der Waals surface area contributed by atoms with Gasteiger partial charge in [-0.2, -0.15) is 4.98 Å². The molecule has 2 aliphatic rings. The number of piperidine rings is 1. The molecular weight excluding hydrogens is 446 g/mol. The highest BCUT2D eigenvalue weighted by atomic mass is 79.9. The average molecular weight is 476 g/mol. The van der Waals surface area contributed by atoms with Gasteiger partial charge in [-0.3, -0.25) is 9.69 Å². The topological polar surface area (TPSA) is 74.5 Å². The summed E-state index contributed by atoms with van der Waals surface area (Å²) in [6.45, 7) is 6.57. The zero-order valence-corrected chi connectivity index (χ0v) is 18.9. The number of amides is 1. The van der Waals surface area contributed by atoms with Gasteiger partial charge in [-0.15, -0.1) is 0 Å². The number of nitrogens with one attached hydrogen (secondary N) is 1. The number of hydrogen-bond acceptors (Lipinski definition) is 6. The molecule has 0 bridgehead atoms. The first kappa shape index (κ1) is 21.5. The largest absolute Gasteiger partial charge is 0.356 e. The van der Waals surface area contributed by atoms with Crippen LogP contribution in [0.5, 0.6) is 0 Å². The molecule has 2 aliphatic heterocycles. The van der Waals surface area contributed by atoms with Gasteiger partial charge in [0, 0.05) is 23.1 Å². The zero-order valence-electron chi connectivity index (χ0n) is 17.4. The molecule has 0 aliphatic carbocycles. The van der Waals surface area contributed by atoms with Crippen LogP contribution in [-0.4, -0.2) is 65.1 Å². The first-order valence-electron chi connectivity index (χ1n) is 11.0. The fourth-order valence-corrected chi connectivity index (χ4v) is 4.57. The molecule has 2 aromatic rings. The predicted molar refractivity (Wildman–Crippen MR) is 119 cm³/mol. The highest BCUT2D eigenvalue weighted by molar-refractivity contribution is 9.10. The van der Waals surface area contributed by atoms with Crippen LogP contribution in [0.3, 0.4) is 0 Å². The van der Waals surface area contributed by atoms with Crippen molar-refractivity contribution < 1.29 is 9.32 Å². The molecule has 0 spiro atoms. The van der Waals surface area contributed by atoms with Gasteiger partial charge in [-0.25, -0.2) is 0 Å². The first-order chi connectivity index (χ1) is 14.7. The molecule has 0 radical (unpaired) electrons. The quantitative estimate of drug-likeness (QED) is 0.590. The third-order valence-corrected chi connectivity index (χ3v) is 6.48. The van der Waals surface area contributed by atoms with E-state index in [0.717, 1.165) is 55.5 Å². The van der Waals surface area contributed by atoms with Crippen molar-refractivity contribution in [2.24, 2.45) is 5.92 Å². The van der Waals surface area contributed by atoms with E-state index >= 15 is 0 Å². The summed E-state index contributed by atoms with van der Waals surface area (Å²) >= 11 is 3.44. The number of benzene rings is 1. The molecule has 7 nitrogen and oxygen atoms in total. The van der Waals surface area contributed by atoms with E-state index in [4.69, 9.17) is 4.52 Å². The summed E-state index contributed by atoms with van der Waals surface area (Å²) in [6.07, 6.45) is 5.62. The molecule has 1 N–H and O–H groups in total. The number of aromatic nitrogens is 2. The van der Waals surface area contributed by atoms with Crippen LogP contribution in [0.4, 0.5) is 0 Å². The van der Waals surface area contributed by atoms with Crippen LogP contribution >= 0.6 is 15.9 Å². The molecule has 30 heavy (non-hydrogen) atoms. The van der Waals surface area contributed by atoms with Crippen LogP contribution < -0.4 is 5.32 Å². The number of halogens is 1. The van der Waals surface area contributed by atoms with Gasteiger partial charge in [0.25, 0.3) is 0 Å². The zero-order chi connectivity index (χ0) is 20.8. The lowest BCUT2D eigenvalue weighted by molar-refractivity contribution is -0.126. The van der Waals surface area contributed by atoms with Crippen molar-refractivity contribution in [3.63, 3.8) is 0 Å². The Balaban J connectivity index is 1.22. The standard InChI is InChI=1S/C22H30BrN5O2/c23-19-8-6-17(7-9-19)21-25-20(30-26-21)16-28-13-3-5-18(15-28)22(29)24-10-4-14-27-11-1-2-12-27/h6-9,18H,1-5,10-16H2,(H,24,29). The fourth-order valence-electron chi connectivity index (χ4n) is 4.30. The molecule has 1 amide bonds. The second-order valence-electron chi connectivity index (χ2n) is 8.29. The predicted octanol–water partition coefficient (Wildman–Crippen LogP) is 3.31. The highest BCUT2D eigenvalue weighted by Crippen LogP contribution is 2.21. The Kier molecular flexibility index (Phi) is 7.52. The molecule has 2 saturated heterocycles. The minimum Gasteiger partial charge on any atom is -0.356 e. The van der Waals surface area contributed by atoms with Gasteiger partial charge in [-0.1, -0.05) is 21.1 Å². The second-order valence-corrected chi connectivity index (χ2v) is 9.20. The van der Waals surface area contributed by atoms with E-state index < -0.39 is 0 Å². The van der Waals surface area contributed by atoms with Gasteiger partial charge in [0.1, 0.15) is 0 Å². The minimum absolute atomic E-state index is 0.0411. The number of likely N-dealkylation sites (tertiary alicyclic amines) is 2. The Morgan fingerprint density at radius 1 is 1.13 bits per heavy atom. The van der Waals surface area contributed by atoms with Gasteiger partial charge in [0.15, 0.2) is 0 Å². The summed E-state index contributed by atoms with van der Waals surface area (Å²) in [4.78, 5) is 21.9.